The lowest BCUT2D eigenvalue weighted by Gasteiger charge is -2.23. The Morgan fingerprint density at radius 2 is 1.80 bits per heavy atom. The number of ether oxygens (including phenoxy) is 1. The van der Waals surface area contributed by atoms with Crippen molar-refractivity contribution >= 4 is 11.3 Å². The molecule has 0 saturated carbocycles. The molecule has 3 nitrogen and oxygen atoms in total. The highest BCUT2D eigenvalue weighted by atomic mass is 32.1. The van der Waals surface area contributed by atoms with Gasteiger partial charge in [-0.2, -0.15) is 0 Å². The molecule has 0 aliphatic rings. The lowest BCUT2D eigenvalue weighted by atomic mass is 9.95. The van der Waals surface area contributed by atoms with E-state index in [0.29, 0.717) is 6.61 Å². The van der Waals surface area contributed by atoms with Crippen LogP contribution in [0.2, 0.25) is 0 Å². The van der Waals surface area contributed by atoms with Crippen LogP contribution in [-0.4, -0.2) is 11.6 Å². The minimum atomic E-state index is -0.297. The summed E-state index contributed by atoms with van der Waals surface area (Å²) in [5.41, 5.74) is 8.20. The molecule has 0 aliphatic carbocycles. The molecule has 20 heavy (non-hydrogen) atoms. The van der Waals surface area contributed by atoms with E-state index in [2.05, 4.69) is 19.2 Å². The van der Waals surface area contributed by atoms with Crippen molar-refractivity contribution in [2.45, 2.75) is 39.2 Å². The number of benzene rings is 1. The van der Waals surface area contributed by atoms with Gasteiger partial charge in [-0.25, -0.2) is 4.98 Å². The highest BCUT2D eigenvalue weighted by Crippen LogP contribution is 2.32. The molecule has 1 aromatic carbocycles. The van der Waals surface area contributed by atoms with Crippen LogP contribution >= 0.6 is 11.3 Å². The molecule has 0 radical (unpaired) electrons. The average Bonchev–Trinajstić information content (AvgIpc) is 2.98. The number of thiazole rings is 1. The third-order valence-corrected chi connectivity index (χ3v) is 4.72. The predicted octanol–water partition coefficient (Wildman–Crippen LogP) is 4.18. The Kier molecular flexibility index (Phi) is 4.78. The number of aromatic nitrogens is 1. The number of nitrogens with zero attached hydrogens (tertiary/aromatic N) is 1. The molecule has 0 aliphatic heterocycles. The molecular weight excluding hydrogens is 268 g/mol. The third-order valence-electron chi connectivity index (χ3n) is 3.65. The smallest absolute Gasteiger partial charge is 0.119 e. The fourth-order valence-corrected chi connectivity index (χ4v) is 3.16. The van der Waals surface area contributed by atoms with E-state index in [1.54, 1.807) is 11.3 Å². The van der Waals surface area contributed by atoms with E-state index in [-0.39, 0.29) is 5.54 Å². The van der Waals surface area contributed by atoms with Gasteiger partial charge < -0.3 is 10.5 Å². The molecule has 0 amide bonds. The van der Waals surface area contributed by atoms with Gasteiger partial charge in [0.25, 0.3) is 0 Å². The molecule has 2 aromatic rings. The van der Waals surface area contributed by atoms with Crippen LogP contribution < -0.4 is 10.5 Å². The van der Waals surface area contributed by atoms with Gasteiger partial charge in [0.05, 0.1) is 17.8 Å². The quantitative estimate of drug-likeness (QED) is 0.868. The topological polar surface area (TPSA) is 48.1 Å². The zero-order valence-corrected chi connectivity index (χ0v) is 13.2. The number of nitrogens with two attached hydrogens (primary N) is 1. The number of hydrogen-bond acceptors (Lipinski definition) is 4. The largest absolute Gasteiger partial charge is 0.494 e. The second kappa shape index (κ2) is 6.37. The van der Waals surface area contributed by atoms with Crippen LogP contribution in [0.25, 0.3) is 11.3 Å². The molecular formula is C16H22N2OS. The van der Waals surface area contributed by atoms with E-state index in [9.17, 15) is 0 Å². The zero-order chi connectivity index (χ0) is 14.6. The standard InChI is InChI=1S/C16H22N2OS/c1-4-16(17,5-2)15-18-14(11-20-15)12-7-9-13(10-8-12)19-6-3/h7-11H,4-6,17H2,1-3H3. The first kappa shape index (κ1) is 15.0. The highest BCUT2D eigenvalue weighted by molar-refractivity contribution is 7.10. The van der Waals surface area contributed by atoms with Crippen LogP contribution in [-0.2, 0) is 5.54 Å². The summed E-state index contributed by atoms with van der Waals surface area (Å²) in [7, 11) is 0. The van der Waals surface area contributed by atoms with Crippen LogP contribution in [0.1, 0.15) is 38.6 Å². The third kappa shape index (κ3) is 3.02. The summed E-state index contributed by atoms with van der Waals surface area (Å²) in [6.45, 7) is 6.89. The Labute approximate surface area is 124 Å². The van der Waals surface area contributed by atoms with E-state index in [4.69, 9.17) is 15.5 Å². The second-order valence-corrected chi connectivity index (χ2v) is 5.72. The van der Waals surface area contributed by atoms with Crippen LogP contribution in [0.5, 0.6) is 5.75 Å². The molecule has 4 heteroatoms. The van der Waals surface area contributed by atoms with Gasteiger partial charge in [0.2, 0.25) is 0 Å². The van der Waals surface area contributed by atoms with Crippen molar-refractivity contribution in [1.82, 2.24) is 4.98 Å². The van der Waals surface area contributed by atoms with Gasteiger partial charge in [0.1, 0.15) is 10.8 Å². The normalized spacial score (nSPS) is 11.6. The Bertz CT molecular complexity index is 544. The van der Waals surface area contributed by atoms with E-state index < -0.39 is 0 Å². The fraction of sp³-hybridized carbons (Fsp3) is 0.438. The van der Waals surface area contributed by atoms with Crippen molar-refractivity contribution in [3.8, 4) is 17.0 Å². The average molecular weight is 290 g/mol. The van der Waals surface area contributed by atoms with Crippen LogP contribution in [0.4, 0.5) is 0 Å². The van der Waals surface area contributed by atoms with Crippen molar-refractivity contribution in [1.29, 1.82) is 0 Å². The van der Waals surface area contributed by atoms with Crippen LogP contribution in [0, 0.1) is 0 Å². The second-order valence-electron chi connectivity index (χ2n) is 4.86. The minimum absolute atomic E-state index is 0.297. The molecule has 2 rings (SSSR count). The summed E-state index contributed by atoms with van der Waals surface area (Å²) in [6, 6.07) is 8.04. The van der Waals surface area contributed by atoms with Crippen molar-refractivity contribution in [3.63, 3.8) is 0 Å². The lowest BCUT2D eigenvalue weighted by molar-refractivity contribution is 0.340. The van der Waals surface area contributed by atoms with Crippen molar-refractivity contribution < 1.29 is 4.74 Å². The maximum atomic E-state index is 6.40. The zero-order valence-electron chi connectivity index (χ0n) is 12.3. The summed E-state index contributed by atoms with van der Waals surface area (Å²) in [5.74, 6) is 0.891. The molecule has 0 atom stereocenters. The molecule has 2 N–H and O–H groups in total. The molecule has 0 saturated heterocycles. The first-order valence-corrected chi connectivity index (χ1v) is 7.99. The van der Waals surface area contributed by atoms with Crippen molar-refractivity contribution in [2.24, 2.45) is 5.73 Å². The van der Waals surface area contributed by atoms with Gasteiger partial charge in [-0.05, 0) is 44.0 Å². The Morgan fingerprint density at radius 3 is 2.35 bits per heavy atom. The molecule has 108 valence electrons. The first-order chi connectivity index (χ1) is 9.62. The summed E-state index contributed by atoms with van der Waals surface area (Å²) < 4.78 is 5.45. The SMILES string of the molecule is CCOc1ccc(-c2csc(C(N)(CC)CC)n2)cc1. The first-order valence-electron chi connectivity index (χ1n) is 7.11. The van der Waals surface area contributed by atoms with Crippen molar-refractivity contribution in [2.75, 3.05) is 6.61 Å². The van der Waals surface area contributed by atoms with E-state index in [0.717, 1.165) is 34.9 Å². The van der Waals surface area contributed by atoms with Crippen LogP contribution in [0.15, 0.2) is 29.6 Å². The Hall–Kier alpha value is -1.39. The fourth-order valence-electron chi connectivity index (χ4n) is 2.08. The van der Waals surface area contributed by atoms with Gasteiger partial charge in [-0.1, -0.05) is 13.8 Å². The predicted molar refractivity (Wildman–Crippen MR) is 85.2 cm³/mol. The van der Waals surface area contributed by atoms with Crippen molar-refractivity contribution in [3.05, 3.63) is 34.7 Å². The maximum absolute atomic E-state index is 6.40. The minimum Gasteiger partial charge on any atom is -0.494 e. The van der Waals surface area contributed by atoms with Gasteiger partial charge >= 0.3 is 0 Å². The summed E-state index contributed by atoms with van der Waals surface area (Å²) in [5, 5.41) is 3.10. The molecule has 0 bridgehead atoms. The maximum Gasteiger partial charge on any atom is 0.119 e. The number of rotatable bonds is 6. The Morgan fingerprint density at radius 1 is 1.15 bits per heavy atom. The summed E-state index contributed by atoms with van der Waals surface area (Å²) in [4.78, 5) is 4.72. The lowest BCUT2D eigenvalue weighted by Crippen LogP contribution is -2.34. The van der Waals surface area contributed by atoms with E-state index in [1.807, 2.05) is 31.2 Å². The highest BCUT2D eigenvalue weighted by Gasteiger charge is 2.26. The van der Waals surface area contributed by atoms with Gasteiger partial charge in [0, 0.05) is 10.9 Å². The summed E-state index contributed by atoms with van der Waals surface area (Å²) >= 11 is 1.65. The van der Waals surface area contributed by atoms with Gasteiger partial charge in [-0.3, -0.25) is 0 Å². The molecule has 1 aromatic heterocycles. The molecule has 0 unspecified atom stereocenters. The van der Waals surface area contributed by atoms with Gasteiger partial charge in [0.15, 0.2) is 0 Å². The van der Waals surface area contributed by atoms with Crippen LogP contribution in [0.3, 0.4) is 0 Å². The van der Waals surface area contributed by atoms with Gasteiger partial charge in [-0.15, -0.1) is 11.3 Å². The molecule has 1 heterocycles. The van der Waals surface area contributed by atoms with E-state index in [1.165, 1.54) is 0 Å². The molecule has 0 spiro atoms. The van der Waals surface area contributed by atoms with E-state index >= 15 is 0 Å². The summed E-state index contributed by atoms with van der Waals surface area (Å²) in [6.07, 6.45) is 1.81. The Balaban J connectivity index is 2.24. The monoisotopic (exact) mass is 290 g/mol. The molecule has 0 fully saturated rings. The number of hydrogen-bond donors (Lipinski definition) is 1.